The molecule has 0 radical (unpaired) electrons. The molecule has 2 rings (SSSR count). The van der Waals surface area contributed by atoms with Crippen molar-refractivity contribution in [1.29, 1.82) is 0 Å². The molecule has 2 aromatic carbocycles. The third-order valence-electron chi connectivity index (χ3n) is 3.09. The average Bonchev–Trinajstić information content (AvgIpc) is 2.41. The summed E-state index contributed by atoms with van der Waals surface area (Å²) in [5.41, 5.74) is 8.82. The quantitative estimate of drug-likeness (QED) is 0.926. The molecule has 100 valence electrons. The number of methoxy groups -OCH3 is 1. The fourth-order valence-electron chi connectivity index (χ4n) is 1.86. The summed E-state index contributed by atoms with van der Waals surface area (Å²) in [5.74, 6) is -0.216. The van der Waals surface area contributed by atoms with Gasteiger partial charge in [0.2, 0.25) is 0 Å². The summed E-state index contributed by atoms with van der Waals surface area (Å²) < 4.78 is 18.3. The van der Waals surface area contributed by atoms with Gasteiger partial charge in [-0.15, -0.1) is 0 Å². The maximum atomic E-state index is 13.4. The van der Waals surface area contributed by atoms with E-state index in [0.717, 1.165) is 16.7 Å². The number of nitrogens with two attached hydrogens (primary N) is 1. The van der Waals surface area contributed by atoms with Crippen LogP contribution in [0.2, 0.25) is 5.02 Å². The third-order valence-corrected chi connectivity index (χ3v) is 3.50. The van der Waals surface area contributed by atoms with Crippen LogP contribution in [0.15, 0.2) is 36.4 Å². The van der Waals surface area contributed by atoms with Crippen LogP contribution in [0.5, 0.6) is 5.75 Å². The Kier molecular flexibility index (Phi) is 4.08. The van der Waals surface area contributed by atoms with Crippen LogP contribution in [0.25, 0.3) is 0 Å². The second kappa shape index (κ2) is 5.59. The molecule has 19 heavy (non-hydrogen) atoms. The van der Waals surface area contributed by atoms with E-state index in [4.69, 9.17) is 22.1 Å². The van der Waals surface area contributed by atoms with Gasteiger partial charge >= 0.3 is 0 Å². The minimum Gasteiger partial charge on any atom is -0.494 e. The lowest BCUT2D eigenvalue weighted by atomic mass is 9.98. The van der Waals surface area contributed by atoms with Crippen molar-refractivity contribution in [2.45, 2.75) is 13.0 Å². The van der Waals surface area contributed by atoms with Gasteiger partial charge in [0.1, 0.15) is 0 Å². The molecule has 2 nitrogen and oxygen atoms in total. The molecule has 2 N–H and O–H groups in total. The fourth-order valence-corrected chi connectivity index (χ4v) is 2.05. The Morgan fingerprint density at radius 2 is 1.79 bits per heavy atom. The maximum Gasteiger partial charge on any atom is 0.165 e. The largest absolute Gasteiger partial charge is 0.494 e. The molecule has 2 aromatic rings. The first-order valence-corrected chi connectivity index (χ1v) is 6.26. The number of rotatable bonds is 3. The Morgan fingerprint density at radius 3 is 2.42 bits per heavy atom. The predicted molar refractivity (Wildman–Crippen MR) is 75.2 cm³/mol. The highest BCUT2D eigenvalue weighted by molar-refractivity contribution is 6.31. The Balaban J connectivity index is 2.37. The van der Waals surface area contributed by atoms with Crippen molar-refractivity contribution in [3.63, 3.8) is 0 Å². The number of hydrogen-bond donors (Lipinski definition) is 1. The minimum atomic E-state index is -0.402. The van der Waals surface area contributed by atoms with E-state index in [1.165, 1.54) is 13.2 Å². The van der Waals surface area contributed by atoms with Crippen LogP contribution >= 0.6 is 11.6 Å². The van der Waals surface area contributed by atoms with E-state index in [1.807, 2.05) is 25.1 Å². The summed E-state index contributed by atoms with van der Waals surface area (Å²) in [5, 5.41) is 0.669. The average molecular weight is 280 g/mol. The van der Waals surface area contributed by atoms with Gasteiger partial charge in [-0.2, -0.15) is 0 Å². The van der Waals surface area contributed by atoms with Crippen LogP contribution in [0.4, 0.5) is 4.39 Å². The van der Waals surface area contributed by atoms with Crippen molar-refractivity contribution in [3.05, 3.63) is 63.9 Å². The maximum absolute atomic E-state index is 13.4. The zero-order chi connectivity index (χ0) is 14.0. The van der Waals surface area contributed by atoms with Crippen LogP contribution in [0.3, 0.4) is 0 Å². The second-order valence-corrected chi connectivity index (χ2v) is 4.79. The molecule has 0 amide bonds. The summed E-state index contributed by atoms with van der Waals surface area (Å²) in [6, 6.07) is 9.90. The molecule has 0 aliphatic heterocycles. The van der Waals surface area contributed by atoms with Gasteiger partial charge in [0.15, 0.2) is 11.6 Å². The third kappa shape index (κ3) is 2.88. The van der Waals surface area contributed by atoms with Gasteiger partial charge < -0.3 is 10.5 Å². The van der Waals surface area contributed by atoms with E-state index in [2.05, 4.69) is 0 Å². The van der Waals surface area contributed by atoms with Crippen LogP contribution in [0.1, 0.15) is 22.7 Å². The smallest absolute Gasteiger partial charge is 0.165 e. The summed E-state index contributed by atoms with van der Waals surface area (Å²) >= 11 is 6.09. The van der Waals surface area contributed by atoms with E-state index in [-0.39, 0.29) is 11.8 Å². The van der Waals surface area contributed by atoms with E-state index in [1.54, 1.807) is 12.1 Å². The van der Waals surface area contributed by atoms with Crippen molar-refractivity contribution in [2.24, 2.45) is 5.73 Å². The Hall–Kier alpha value is -1.58. The molecule has 0 fully saturated rings. The van der Waals surface area contributed by atoms with Crippen LogP contribution in [0, 0.1) is 12.7 Å². The molecular formula is C15H15ClFNO. The lowest BCUT2D eigenvalue weighted by molar-refractivity contribution is 0.385. The fraction of sp³-hybridized carbons (Fsp3) is 0.200. The van der Waals surface area contributed by atoms with Gasteiger partial charge in [-0.3, -0.25) is 0 Å². The van der Waals surface area contributed by atoms with Crippen LogP contribution in [-0.4, -0.2) is 7.11 Å². The van der Waals surface area contributed by atoms with Crippen molar-refractivity contribution >= 4 is 11.6 Å². The van der Waals surface area contributed by atoms with Crippen LogP contribution in [-0.2, 0) is 0 Å². The Morgan fingerprint density at radius 1 is 1.16 bits per heavy atom. The van der Waals surface area contributed by atoms with Gasteiger partial charge in [0.05, 0.1) is 13.2 Å². The molecule has 0 spiro atoms. The minimum absolute atomic E-state index is 0.186. The summed E-state index contributed by atoms with van der Waals surface area (Å²) in [6.45, 7) is 1.93. The van der Waals surface area contributed by atoms with Gasteiger partial charge in [0.25, 0.3) is 0 Å². The zero-order valence-corrected chi connectivity index (χ0v) is 11.5. The molecule has 0 heterocycles. The predicted octanol–water partition coefficient (Wildman–Crippen LogP) is 3.84. The van der Waals surface area contributed by atoms with Gasteiger partial charge in [-0.05, 0) is 41.8 Å². The number of aryl methyl sites for hydroxylation is 1. The molecule has 1 unspecified atom stereocenters. The molecule has 0 aliphatic rings. The number of benzene rings is 2. The lowest BCUT2D eigenvalue weighted by Crippen LogP contribution is -2.12. The van der Waals surface area contributed by atoms with Crippen molar-refractivity contribution in [1.82, 2.24) is 0 Å². The highest BCUT2D eigenvalue weighted by Gasteiger charge is 2.13. The SMILES string of the molecule is COc1cc(C(N)c2ccc(C)c(Cl)c2)ccc1F. The molecule has 0 saturated heterocycles. The number of ether oxygens (including phenoxy) is 1. The molecule has 0 saturated carbocycles. The first-order valence-electron chi connectivity index (χ1n) is 5.88. The van der Waals surface area contributed by atoms with Crippen molar-refractivity contribution < 1.29 is 9.13 Å². The molecule has 0 aromatic heterocycles. The Bertz CT molecular complexity index is 601. The summed E-state index contributed by atoms with van der Waals surface area (Å²) in [7, 11) is 1.43. The van der Waals surface area contributed by atoms with Gasteiger partial charge in [0, 0.05) is 5.02 Å². The van der Waals surface area contributed by atoms with E-state index in [0.29, 0.717) is 5.02 Å². The van der Waals surface area contributed by atoms with Gasteiger partial charge in [-0.1, -0.05) is 29.8 Å². The normalized spacial score (nSPS) is 12.3. The molecule has 1 atom stereocenters. The van der Waals surface area contributed by atoms with E-state index >= 15 is 0 Å². The van der Waals surface area contributed by atoms with E-state index < -0.39 is 5.82 Å². The van der Waals surface area contributed by atoms with Crippen LogP contribution < -0.4 is 10.5 Å². The zero-order valence-electron chi connectivity index (χ0n) is 10.8. The molecular weight excluding hydrogens is 265 g/mol. The number of hydrogen-bond acceptors (Lipinski definition) is 2. The van der Waals surface area contributed by atoms with Gasteiger partial charge in [-0.25, -0.2) is 4.39 Å². The highest BCUT2D eigenvalue weighted by Crippen LogP contribution is 2.27. The summed E-state index contributed by atoms with van der Waals surface area (Å²) in [6.07, 6.45) is 0. The molecule has 0 bridgehead atoms. The topological polar surface area (TPSA) is 35.2 Å². The number of halogens is 2. The molecule has 4 heteroatoms. The highest BCUT2D eigenvalue weighted by atomic mass is 35.5. The molecule has 0 aliphatic carbocycles. The standard InChI is InChI=1S/C15H15ClFNO/c1-9-3-4-10(7-12(9)16)15(18)11-5-6-13(17)14(8-11)19-2/h3-8,15H,18H2,1-2H3. The Labute approximate surface area is 117 Å². The first kappa shape index (κ1) is 13.8. The lowest BCUT2D eigenvalue weighted by Gasteiger charge is -2.15. The van der Waals surface area contributed by atoms with Crippen molar-refractivity contribution in [3.8, 4) is 5.75 Å². The second-order valence-electron chi connectivity index (χ2n) is 4.38. The first-order chi connectivity index (χ1) is 9.02. The van der Waals surface area contributed by atoms with E-state index in [9.17, 15) is 4.39 Å². The summed E-state index contributed by atoms with van der Waals surface area (Å²) in [4.78, 5) is 0. The van der Waals surface area contributed by atoms with Crippen molar-refractivity contribution in [2.75, 3.05) is 7.11 Å². The monoisotopic (exact) mass is 279 g/mol.